The summed E-state index contributed by atoms with van der Waals surface area (Å²) in [4.78, 5) is 2.15. The van der Waals surface area contributed by atoms with Gasteiger partial charge in [0.05, 0.1) is 19.3 Å². The average molecular weight is 144 g/mol. The van der Waals surface area contributed by atoms with Crippen molar-refractivity contribution >= 4 is 0 Å². The van der Waals surface area contributed by atoms with Crippen molar-refractivity contribution in [2.75, 3.05) is 32.8 Å². The maximum absolute atomic E-state index is 10.2. The van der Waals surface area contributed by atoms with E-state index in [9.17, 15) is 5.11 Å². The van der Waals surface area contributed by atoms with Crippen molar-refractivity contribution in [3.8, 4) is 0 Å². The molecule has 1 rings (SSSR count). The van der Waals surface area contributed by atoms with Gasteiger partial charge in [-0.05, 0) is 6.92 Å². The van der Waals surface area contributed by atoms with Crippen LogP contribution in [0.2, 0.25) is 0 Å². The highest BCUT2D eigenvalue weighted by Gasteiger charge is 2.15. The Morgan fingerprint density at radius 3 is 3.10 bits per heavy atom. The second-order valence-electron chi connectivity index (χ2n) is 2.69. The number of ether oxygens (including phenoxy) is 1. The molecule has 1 radical (unpaired) electrons. The minimum atomic E-state index is 0.00667. The second kappa shape index (κ2) is 3.91. The Labute approximate surface area is 61.6 Å². The van der Waals surface area contributed by atoms with E-state index in [1.807, 2.05) is 6.92 Å². The molecule has 0 aromatic rings. The number of hydrogen-bond acceptors (Lipinski definition) is 2. The molecule has 10 heavy (non-hydrogen) atoms. The minimum Gasteiger partial charge on any atom is -0.376 e. The molecule has 0 spiro atoms. The topological polar surface area (TPSA) is 32.4 Å². The third-order valence-corrected chi connectivity index (χ3v) is 1.73. The van der Waals surface area contributed by atoms with Crippen molar-refractivity contribution in [2.24, 2.45) is 0 Å². The highest BCUT2D eigenvalue weighted by Crippen LogP contribution is 2.02. The van der Waals surface area contributed by atoms with Crippen LogP contribution in [0.1, 0.15) is 6.92 Å². The van der Waals surface area contributed by atoms with E-state index >= 15 is 0 Å². The zero-order valence-corrected chi connectivity index (χ0v) is 6.38. The second-order valence-corrected chi connectivity index (χ2v) is 2.69. The Morgan fingerprint density at radius 2 is 2.50 bits per heavy atom. The van der Waals surface area contributed by atoms with Gasteiger partial charge in [0.2, 0.25) is 0 Å². The Balaban J connectivity index is 2.18. The summed E-state index contributed by atoms with van der Waals surface area (Å²) in [7, 11) is 0. The van der Waals surface area contributed by atoms with Crippen molar-refractivity contribution in [3.05, 3.63) is 0 Å². The summed E-state index contributed by atoms with van der Waals surface area (Å²) in [6.07, 6.45) is 0.306. The third-order valence-electron chi connectivity index (χ3n) is 1.73. The van der Waals surface area contributed by atoms with Gasteiger partial charge >= 0.3 is 0 Å². The predicted octanol–water partition coefficient (Wildman–Crippen LogP) is 0.138. The molecule has 59 valence electrons. The first-order chi connectivity index (χ1) is 4.83. The summed E-state index contributed by atoms with van der Waals surface area (Å²) < 4.78 is 5.31. The predicted molar refractivity (Wildman–Crippen MR) is 37.4 cm³/mol. The number of morpholine rings is 1. The summed E-state index contributed by atoms with van der Waals surface area (Å²) in [6, 6.07) is 0. The van der Waals surface area contributed by atoms with Crippen LogP contribution in [-0.4, -0.2) is 43.9 Å². The van der Waals surface area contributed by atoms with Gasteiger partial charge in [0.25, 0.3) is 0 Å². The molecule has 1 saturated heterocycles. The van der Waals surface area contributed by atoms with Gasteiger partial charge in [-0.25, -0.2) is 5.11 Å². The molecule has 0 aromatic heterocycles. The third kappa shape index (κ3) is 2.25. The van der Waals surface area contributed by atoms with Gasteiger partial charge in [-0.15, -0.1) is 0 Å². The lowest BCUT2D eigenvalue weighted by molar-refractivity contribution is -0.0256. The fourth-order valence-electron chi connectivity index (χ4n) is 1.22. The molecule has 0 aromatic carbocycles. The van der Waals surface area contributed by atoms with Gasteiger partial charge in [0, 0.05) is 19.6 Å². The van der Waals surface area contributed by atoms with Crippen LogP contribution in [0.15, 0.2) is 0 Å². The Bertz CT molecular complexity index is 95.6. The van der Waals surface area contributed by atoms with Crippen LogP contribution in [-0.2, 0) is 9.84 Å². The molecule has 1 atom stereocenters. The van der Waals surface area contributed by atoms with Crippen molar-refractivity contribution in [1.82, 2.24) is 4.90 Å². The first-order valence-electron chi connectivity index (χ1n) is 3.75. The first-order valence-corrected chi connectivity index (χ1v) is 3.75. The zero-order valence-electron chi connectivity index (χ0n) is 6.38. The molecule has 1 aliphatic heterocycles. The van der Waals surface area contributed by atoms with Crippen LogP contribution in [0, 0.1) is 0 Å². The first kappa shape index (κ1) is 7.98. The quantitative estimate of drug-likeness (QED) is 0.552. The van der Waals surface area contributed by atoms with Crippen LogP contribution < -0.4 is 0 Å². The maximum Gasteiger partial charge on any atom is 0.0949 e. The van der Waals surface area contributed by atoms with Crippen LogP contribution in [0.4, 0.5) is 0 Å². The maximum atomic E-state index is 10.2. The number of hydrogen-bond donors (Lipinski definition) is 0. The van der Waals surface area contributed by atoms with Crippen LogP contribution in [0.5, 0.6) is 0 Å². The van der Waals surface area contributed by atoms with Gasteiger partial charge in [-0.3, -0.25) is 4.90 Å². The Kier molecular flexibility index (Phi) is 3.12. The van der Waals surface area contributed by atoms with Gasteiger partial charge in [-0.1, -0.05) is 0 Å². The molecule has 0 N–H and O–H groups in total. The van der Waals surface area contributed by atoms with E-state index in [4.69, 9.17) is 4.74 Å². The van der Waals surface area contributed by atoms with Gasteiger partial charge in [0.15, 0.2) is 0 Å². The molecule has 3 heteroatoms. The molecule has 3 nitrogen and oxygen atoms in total. The smallest absolute Gasteiger partial charge is 0.0949 e. The molecular formula is C7H14NO2. The molecular weight excluding hydrogens is 130 g/mol. The lowest BCUT2D eigenvalue weighted by atomic mass is 10.3. The van der Waals surface area contributed by atoms with E-state index in [0.29, 0.717) is 12.6 Å². The normalized spacial score (nSPS) is 28.8. The van der Waals surface area contributed by atoms with Crippen molar-refractivity contribution in [1.29, 1.82) is 0 Å². The highest BCUT2D eigenvalue weighted by atomic mass is 16.5. The van der Waals surface area contributed by atoms with Gasteiger partial charge in [0.1, 0.15) is 0 Å². The number of nitrogens with zero attached hydrogens (tertiary/aromatic N) is 1. The van der Waals surface area contributed by atoms with Crippen molar-refractivity contribution < 1.29 is 9.84 Å². The molecule has 0 amide bonds. The fourth-order valence-corrected chi connectivity index (χ4v) is 1.22. The van der Waals surface area contributed by atoms with E-state index < -0.39 is 0 Å². The summed E-state index contributed by atoms with van der Waals surface area (Å²) in [5, 5.41) is 10.2. The van der Waals surface area contributed by atoms with E-state index in [1.165, 1.54) is 0 Å². The lowest BCUT2D eigenvalue weighted by Gasteiger charge is -2.30. The van der Waals surface area contributed by atoms with Gasteiger partial charge < -0.3 is 4.74 Å². The van der Waals surface area contributed by atoms with E-state index in [2.05, 4.69) is 4.90 Å². The molecule has 1 fully saturated rings. The highest BCUT2D eigenvalue weighted by molar-refractivity contribution is 4.66. The largest absolute Gasteiger partial charge is 0.376 e. The molecule has 0 bridgehead atoms. The average Bonchev–Trinajstić information content (AvgIpc) is 1.88. The van der Waals surface area contributed by atoms with E-state index in [-0.39, 0.29) is 6.61 Å². The molecule has 1 aliphatic rings. The summed E-state index contributed by atoms with van der Waals surface area (Å²) in [5.74, 6) is 0. The molecule has 1 heterocycles. The van der Waals surface area contributed by atoms with E-state index in [1.54, 1.807) is 0 Å². The Hall–Kier alpha value is -0.120. The minimum absolute atomic E-state index is 0.00667. The van der Waals surface area contributed by atoms with Crippen LogP contribution >= 0.6 is 0 Å². The molecule has 0 saturated carbocycles. The fraction of sp³-hybridized carbons (Fsp3) is 1.00. The zero-order chi connectivity index (χ0) is 7.40. The van der Waals surface area contributed by atoms with E-state index in [0.717, 1.165) is 19.7 Å². The van der Waals surface area contributed by atoms with Crippen molar-refractivity contribution in [3.63, 3.8) is 0 Å². The monoisotopic (exact) mass is 144 g/mol. The summed E-state index contributed by atoms with van der Waals surface area (Å²) >= 11 is 0. The molecule has 1 unspecified atom stereocenters. The summed E-state index contributed by atoms with van der Waals surface area (Å²) in [6.45, 7) is 5.34. The van der Waals surface area contributed by atoms with Crippen molar-refractivity contribution in [2.45, 2.75) is 13.0 Å². The Morgan fingerprint density at radius 1 is 1.70 bits per heavy atom. The molecule has 0 aliphatic carbocycles. The standard InChI is InChI=1S/C7H14NO2/c1-7-6-8(2-4-9)3-5-10-7/h7H,2-6H2,1H3. The number of rotatable bonds is 2. The van der Waals surface area contributed by atoms with Gasteiger partial charge in [-0.2, -0.15) is 0 Å². The summed E-state index contributed by atoms with van der Waals surface area (Å²) in [5.41, 5.74) is 0. The van der Waals surface area contributed by atoms with Crippen LogP contribution in [0.3, 0.4) is 0 Å². The lowest BCUT2D eigenvalue weighted by Crippen LogP contribution is -2.42. The van der Waals surface area contributed by atoms with Crippen LogP contribution in [0.25, 0.3) is 0 Å². The SMILES string of the molecule is CC1CN(CC[O])CCO1.